The van der Waals surface area contributed by atoms with E-state index < -0.39 is 23.6 Å². The molecule has 0 radical (unpaired) electrons. The van der Waals surface area contributed by atoms with Crippen LogP contribution < -0.4 is 11.1 Å². The van der Waals surface area contributed by atoms with Gasteiger partial charge in [0, 0.05) is 0 Å². The highest BCUT2D eigenvalue weighted by Gasteiger charge is 2.22. The van der Waals surface area contributed by atoms with Crippen molar-refractivity contribution in [2.24, 2.45) is 5.73 Å². The van der Waals surface area contributed by atoms with Gasteiger partial charge in [-0.05, 0) is 33.6 Å². The van der Waals surface area contributed by atoms with Crippen molar-refractivity contribution in [3.05, 3.63) is 46.2 Å². The summed E-state index contributed by atoms with van der Waals surface area (Å²) < 4.78 is 26.9. The summed E-state index contributed by atoms with van der Waals surface area (Å²) in [7, 11) is 0. The van der Waals surface area contributed by atoms with Crippen molar-refractivity contribution in [3.63, 3.8) is 0 Å². The molecule has 0 saturated carbocycles. The zero-order valence-corrected chi connectivity index (χ0v) is 12.9. The van der Waals surface area contributed by atoms with Crippen LogP contribution in [0.3, 0.4) is 0 Å². The molecule has 2 heterocycles. The molecule has 0 unspecified atom stereocenters. The van der Waals surface area contributed by atoms with Gasteiger partial charge in [-0.25, -0.2) is 18.7 Å². The van der Waals surface area contributed by atoms with Crippen molar-refractivity contribution >= 4 is 38.8 Å². The van der Waals surface area contributed by atoms with Gasteiger partial charge in [0.15, 0.2) is 28.6 Å². The number of primary amides is 1. The molecule has 0 bridgehead atoms. The fourth-order valence-electron chi connectivity index (χ4n) is 2.02. The minimum Gasteiger partial charge on any atom is -0.368 e. The van der Waals surface area contributed by atoms with Crippen molar-refractivity contribution in [3.8, 4) is 0 Å². The number of aromatic nitrogens is 4. The summed E-state index contributed by atoms with van der Waals surface area (Å²) in [5.41, 5.74) is 6.27. The maximum Gasteiger partial charge on any atom is 0.244 e. The largest absolute Gasteiger partial charge is 0.368 e. The molecule has 0 fully saturated rings. The first-order valence-electron chi connectivity index (χ1n) is 6.33. The van der Waals surface area contributed by atoms with Gasteiger partial charge in [-0.2, -0.15) is 5.10 Å². The molecule has 0 aliphatic heterocycles. The molecular weight excluding hydrogens is 374 g/mol. The number of carbonyl (C=O) groups is 1. The number of aromatic amines is 1. The Morgan fingerprint density at radius 2 is 2.13 bits per heavy atom. The lowest BCUT2D eigenvalue weighted by Crippen LogP contribution is -2.28. The molecule has 0 aliphatic carbocycles. The summed E-state index contributed by atoms with van der Waals surface area (Å²) in [5, 5.41) is 9.37. The van der Waals surface area contributed by atoms with Crippen LogP contribution in [0.1, 0.15) is 11.6 Å². The molecule has 7 nitrogen and oxygen atoms in total. The van der Waals surface area contributed by atoms with Crippen molar-refractivity contribution in [1.29, 1.82) is 0 Å². The second-order valence-electron chi connectivity index (χ2n) is 4.62. The molecule has 23 heavy (non-hydrogen) atoms. The standard InChI is InChI=1S/C13H9BrF2N6O/c14-8-4-18-12-10(19-8)13(22-21-12)20-9(11(17)23)5-1-2-6(15)7(16)3-5/h1-4,9H,(H2,17,23)(H2,18,20,21,22)/t9-/m0/s1. The van der Waals surface area contributed by atoms with Crippen LogP contribution in [0.5, 0.6) is 0 Å². The van der Waals surface area contributed by atoms with Crippen LogP contribution in [0.15, 0.2) is 29.0 Å². The topological polar surface area (TPSA) is 110 Å². The Morgan fingerprint density at radius 1 is 1.35 bits per heavy atom. The number of amides is 1. The molecule has 0 saturated heterocycles. The summed E-state index contributed by atoms with van der Waals surface area (Å²) in [5.74, 6) is -2.67. The number of hydrogen-bond acceptors (Lipinski definition) is 5. The molecule has 3 aromatic rings. The van der Waals surface area contributed by atoms with Crippen LogP contribution >= 0.6 is 15.9 Å². The summed E-state index contributed by atoms with van der Waals surface area (Å²) in [4.78, 5) is 19.9. The minimum absolute atomic E-state index is 0.163. The van der Waals surface area contributed by atoms with Gasteiger partial charge in [-0.3, -0.25) is 9.89 Å². The monoisotopic (exact) mass is 382 g/mol. The molecular formula is C13H9BrF2N6O. The zero-order valence-electron chi connectivity index (χ0n) is 11.3. The number of nitrogens with zero attached hydrogens (tertiary/aromatic N) is 3. The number of carbonyl (C=O) groups excluding carboxylic acids is 1. The molecule has 1 amide bonds. The molecule has 1 atom stereocenters. The van der Waals surface area contributed by atoms with Crippen LogP contribution in [0.25, 0.3) is 11.2 Å². The zero-order chi connectivity index (χ0) is 16.6. The van der Waals surface area contributed by atoms with E-state index in [4.69, 9.17) is 5.73 Å². The first-order chi connectivity index (χ1) is 11.0. The maximum absolute atomic E-state index is 13.4. The van der Waals surface area contributed by atoms with Gasteiger partial charge < -0.3 is 11.1 Å². The predicted molar refractivity (Wildman–Crippen MR) is 81.3 cm³/mol. The Hall–Kier alpha value is -2.62. The molecule has 4 N–H and O–H groups in total. The van der Waals surface area contributed by atoms with E-state index in [1.165, 1.54) is 12.3 Å². The molecule has 0 spiro atoms. The smallest absolute Gasteiger partial charge is 0.244 e. The second kappa shape index (κ2) is 5.88. The highest BCUT2D eigenvalue weighted by Crippen LogP contribution is 2.24. The third-order valence-electron chi connectivity index (χ3n) is 3.08. The number of benzene rings is 1. The molecule has 3 rings (SSSR count). The maximum atomic E-state index is 13.4. The highest BCUT2D eigenvalue weighted by atomic mass is 79.9. The van der Waals surface area contributed by atoms with E-state index in [1.807, 2.05) is 0 Å². The van der Waals surface area contributed by atoms with E-state index >= 15 is 0 Å². The Morgan fingerprint density at radius 3 is 2.83 bits per heavy atom. The van der Waals surface area contributed by atoms with Gasteiger partial charge in [0.05, 0.1) is 6.20 Å². The van der Waals surface area contributed by atoms with Crippen molar-refractivity contribution < 1.29 is 13.6 Å². The number of nitrogens with two attached hydrogens (primary N) is 1. The van der Waals surface area contributed by atoms with Gasteiger partial charge in [0.2, 0.25) is 5.91 Å². The molecule has 1 aromatic carbocycles. The number of fused-ring (bicyclic) bond motifs is 1. The third kappa shape index (κ3) is 2.97. The lowest BCUT2D eigenvalue weighted by Gasteiger charge is -2.15. The number of H-pyrrole nitrogens is 1. The van der Waals surface area contributed by atoms with Crippen LogP contribution in [0.2, 0.25) is 0 Å². The number of hydrogen-bond donors (Lipinski definition) is 3. The highest BCUT2D eigenvalue weighted by molar-refractivity contribution is 9.10. The van der Waals surface area contributed by atoms with E-state index in [0.29, 0.717) is 15.8 Å². The van der Waals surface area contributed by atoms with Crippen LogP contribution in [0, 0.1) is 11.6 Å². The first kappa shape index (κ1) is 15.3. The van der Waals surface area contributed by atoms with Gasteiger partial charge in [-0.15, -0.1) is 0 Å². The number of anilines is 1. The number of nitrogens with one attached hydrogen (secondary N) is 2. The summed E-state index contributed by atoms with van der Waals surface area (Å²) >= 11 is 3.18. The lowest BCUT2D eigenvalue weighted by molar-refractivity contribution is -0.118. The van der Waals surface area contributed by atoms with Crippen molar-refractivity contribution in [2.45, 2.75) is 6.04 Å². The van der Waals surface area contributed by atoms with E-state index in [0.717, 1.165) is 12.1 Å². The van der Waals surface area contributed by atoms with Crippen molar-refractivity contribution in [2.75, 3.05) is 5.32 Å². The molecule has 2 aromatic heterocycles. The third-order valence-corrected chi connectivity index (χ3v) is 3.47. The van der Waals surface area contributed by atoms with Crippen LogP contribution in [-0.2, 0) is 4.79 Å². The average molecular weight is 383 g/mol. The molecule has 0 aliphatic rings. The predicted octanol–water partition coefficient (Wildman–Crippen LogP) is 2.03. The number of rotatable bonds is 4. The summed E-state index contributed by atoms with van der Waals surface area (Å²) in [6, 6.07) is 1.96. The Kier molecular flexibility index (Phi) is 3.90. The van der Waals surface area contributed by atoms with E-state index in [-0.39, 0.29) is 11.4 Å². The van der Waals surface area contributed by atoms with E-state index in [2.05, 4.69) is 41.4 Å². The normalized spacial score (nSPS) is 12.3. The first-order valence-corrected chi connectivity index (χ1v) is 7.12. The summed E-state index contributed by atoms with van der Waals surface area (Å²) in [6.45, 7) is 0. The Bertz CT molecular complexity index is 899. The van der Waals surface area contributed by atoms with E-state index in [1.54, 1.807) is 0 Å². The number of halogens is 3. The van der Waals surface area contributed by atoms with Gasteiger partial charge >= 0.3 is 0 Å². The van der Waals surface area contributed by atoms with Gasteiger partial charge in [0.25, 0.3) is 0 Å². The molecule has 10 heteroatoms. The Labute approximate surface area is 136 Å². The summed E-state index contributed by atoms with van der Waals surface area (Å²) in [6.07, 6.45) is 1.48. The van der Waals surface area contributed by atoms with Crippen LogP contribution in [0.4, 0.5) is 14.6 Å². The average Bonchev–Trinajstić information content (AvgIpc) is 2.89. The van der Waals surface area contributed by atoms with Gasteiger partial charge in [0.1, 0.15) is 10.6 Å². The fourth-order valence-corrected chi connectivity index (χ4v) is 2.30. The molecule has 118 valence electrons. The van der Waals surface area contributed by atoms with Crippen molar-refractivity contribution in [1.82, 2.24) is 20.2 Å². The van der Waals surface area contributed by atoms with E-state index in [9.17, 15) is 13.6 Å². The Balaban J connectivity index is 2.00. The lowest BCUT2D eigenvalue weighted by atomic mass is 10.1. The SMILES string of the molecule is NC(=O)[C@@H](Nc1n[nH]c2ncc(Br)nc12)c1ccc(F)c(F)c1. The second-order valence-corrected chi connectivity index (χ2v) is 5.43. The fraction of sp³-hybridized carbons (Fsp3) is 0.0769. The quantitative estimate of drug-likeness (QED) is 0.639. The van der Waals surface area contributed by atoms with Crippen LogP contribution in [-0.4, -0.2) is 26.1 Å². The minimum atomic E-state index is -1.11. The van der Waals surface area contributed by atoms with Gasteiger partial charge in [-0.1, -0.05) is 6.07 Å².